The number of hydrogen-bond donors (Lipinski definition) is 1. The summed E-state index contributed by atoms with van der Waals surface area (Å²) >= 11 is 0. The predicted molar refractivity (Wildman–Crippen MR) is 84.1 cm³/mol. The van der Waals surface area contributed by atoms with Gasteiger partial charge < -0.3 is 14.8 Å². The molecule has 1 aliphatic heterocycles. The van der Waals surface area contributed by atoms with Crippen LogP contribution < -0.4 is 14.8 Å². The first kappa shape index (κ1) is 15.2. The van der Waals surface area contributed by atoms with Gasteiger partial charge >= 0.3 is 0 Å². The summed E-state index contributed by atoms with van der Waals surface area (Å²) < 4.78 is 10.7. The normalized spacial score (nSPS) is 25.3. The van der Waals surface area contributed by atoms with Crippen LogP contribution in [0.4, 0.5) is 0 Å². The maximum absolute atomic E-state index is 12.0. The number of benzene rings is 1. The Balaban J connectivity index is 1.79. The zero-order valence-electron chi connectivity index (χ0n) is 13.3. The molecule has 2 fully saturated rings. The molecule has 0 spiro atoms. The van der Waals surface area contributed by atoms with E-state index in [-0.39, 0.29) is 5.91 Å². The number of fused-ring (bicyclic) bond motifs is 1. The van der Waals surface area contributed by atoms with Crippen molar-refractivity contribution in [2.75, 3.05) is 20.8 Å². The third kappa shape index (κ3) is 3.19. The SMILES string of the molecule is COc1cc(CN2CC(=O)NC3CCCCC32)cc(OC)c1. The van der Waals surface area contributed by atoms with Gasteiger partial charge in [-0.25, -0.2) is 0 Å². The molecule has 1 N–H and O–H groups in total. The summed E-state index contributed by atoms with van der Waals surface area (Å²) in [6, 6.07) is 6.67. The Kier molecular flexibility index (Phi) is 4.52. The highest BCUT2D eigenvalue weighted by Crippen LogP contribution is 2.29. The number of ether oxygens (including phenoxy) is 2. The molecule has 1 heterocycles. The van der Waals surface area contributed by atoms with Crippen LogP contribution in [0.25, 0.3) is 0 Å². The number of carbonyl (C=O) groups excluding carboxylic acids is 1. The summed E-state index contributed by atoms with van der Waals surface area (Å²) in [5.41, 5.74) is 1.12. The van der Waals surface area contributed by atoms with Crippen LogP contribution in [0.5, 0.6) is 11.5 Å². The molecule has 0 radical (unpaired) electrons. The van der Waals surface area contributed by atoms with Gasteiger partial charge in [0.15, 0.2) is 0 Å². The van der Waals surface area contributed by atoms with Crippen LogP contribution in [0.15, 0.2) is 18.2 Å². The lowest BCUT2D eigenvalue weighted by molar-refractivity contribution is -0.128. The van der Waals surface area contributed by atoms with E-state index in [9.17, 15) is 4.79 Å². The highest BCUT2D eigenvalue weighted by Gasteiger charge is 2.36. The molecule has 2 unspecified atom stereocenters. The molecule has 22 heavy (non-hydrogen) atoms. The predicted octanol–water partition coefficient (Wildman–Crippen LogP) is 1.95. The second-order valence-electron chi connectivity index (χ2n) is 6.15. The quantitative estimate of drug-likeness (QED) is 0.924. The number of carbonyl (C=O) groups is 1. The number of nitrogens with one attached hydrogen (secondary N) is 1. The Morgan fingerprint density at radius 1 is 1.14 bits per heavy atom. The molecular formula is C17H24N2O3. The zero-order chi connectivity index (χ0) is 15.5. The van der Waals surface area contributed by atoms with E-state index in [2.05, 4.69) is 10.2 Å². The third-order valence-corrected chi connectivity index (χ3v) is 4.69. The summed E-state index contributed by atoms with van der Waals surface area (Å²) in [5, 5.41) is 3.15. The molecule has 5 heteroatoms. The van der Waals surface area contributed by atoms with E-state index in [4.69, 9.17) is 9.47 Å². The largest absolute Gasteiger partial charge is 0.497 e. The summed E-state index contributed by atoms with van der Waals surface area (Å²) in [5.74, 6) is 1.71. The topological polar surface area (TPSA) is 50.8 Å². The summed E-state index contributed by atoms with van der Waals surface area (Å²) in [7, 11) is 3.31. The fraction of sp³-hybridized carbons (Fsp3) is 0.588. The molecule has 120 valence electrons. The second-order valence-corrected chi connectivity index (χ2v) is 6.15. The Labute approximate surface area is 131 Å². The molecule has 5 nitrogen and oxygen atoms in total. The van der Waals surface area contributed by atoms with E-state index >= 15 is 0 Å². The van der Waals surface area contributed by atoms with Gasteiger partial charge in [0.05, 0.1) is 20.8 Å². The number of nitrogens with zero attached hydrogens (tertiary/aromatic N) is 1. The van der Waals surface area contributed by atoms with Crippen LogP contribution in [0.1, 0.15) is 31.2 Å². The van der Waals surface area contributed by atoms with E-state index in [0.29, 0.717) is 18.6 Å². The van der Waals surface area contributed by atoms with Crippen molar-refractivity contribution in [1.82, 2.24) is 10.2 Å². The minimum absolute atomic E-state index is 0.137. The minimum atomic E-state index is 0.137. The lowest BCUT2D eigenvalue weighted by Gasteiger charge is -2.44. The first-order valence-electron chi connectivity index (χ1n) is 7.95. The zero-order valence-corrected chi connectivity index (χ0v) is 13.3. The molecule has 1 saturated carbocycles. The summed E-state index contributed by atoms with van der Waals surface area (Å²) in [4.78, 5) is 14.3. The van der Waals surface area contributed by atoms with Gasteiger partial charge in [0, 0.05) is 24.7 Å². The maximum atomic E-state index is 12.0. The van der Waals surface area contributed by atoms with Crippen molar-refractivity contribution in [3.63, 3.8) is 0 Å². The van der Waals surface area contributed by atoms with Crippen molar-refractivity contribution in [3.8, 4) is 11.5 Å². The first-order valence-corrected chi connectivity index (χ1v) is 7.95. The lowest BCUT2D eigenvalue weighted by atomic mass is 9.87. The average Bonchev–Trinajstić information content (AvgIpc) is 2.54. The summed E-state index contributed by atoms with van der Waals surface area (Å²) in [6.45, 7) is 1.23. The Morgan fingerprint density at radius 2 is 1.82 bits per heavy atom. The molecule has 1 saturated heterocycles. The Hall–Kier alpha value is -1.75. The van der Waals surface area contributed by atoms with Gasteiger partial charge in [0.25, 0.3) is 0 Å². The van der Waals surface area contributed by atoms with Crippen LogP contribution in [-0.2, 0) is 11.3 Å². The van der Waals surface area contributed by atoms with E-state index in [1.54, 1.807) is 14.2 Å². The Morgan fingerprint density at radius 3 is 2.50 bits per heavy atom. The van der Waals surface area contributed by atoms with Crippen LogP contribution in [0.3, 0.4) is 0 Å². The monoisotopic (exact) mass is 304 g/mol. The van der Waals surface area contributed by atoms with E-state index in [1.807, 2.05) is 18.2 Å². The highest BCUT2D eigenvalue weighted by atomic mass is 16.5. The molecule has 0 bridgehead atoms. The smallest absolute Gasteiger partial charge is 0.234 e. The fourth-order valence-electron chi connectivity index (χ4n) is 3.64. The minimum Gasteiger partial charge on any atom is -0.497 e. The third-order valence-electron chi connectivity index (χ3n) is 4.69. The lowest BCUT2D eigenvalue weighted by Crippen LogP contribution is -2.61. The van der Waals surface area contributed by atoms with Crippen LogP contribution in [0.2, 0.25) is 0 Å². The van der Waals surface area contributed by atoms with E-state index < -0.39 is 0 Å². The number of rotatable bonds is 4. The van der Waals surface area contributed by atoms with Crippen molar-refractivity contribution < 1.29 is 14.3 Å². The van der Waals surface area contributed by atoms with Gasteiger partial charge in [-0.15, -0.1) is 0 Å². The van der Waals surface area contributed by atoms with Crippen LogP contribution in [-0.4, -0.2) is 43.7 Å². The molecule has 1 aromatic rings. The van der Waals surface area contributed by atoms with Crippen molar-refractivity contribution in [2.24, 2.45) is 0 Å². The van der Waals surface area contributed by atoms with Crippen molar-refractivity contribution in [2.45, 2.75) is 44.3 Å². The maximum Gasteiger partial charge on any atom is 0.234 e. The van der Waals surface area contributed by atoms with Gasteiger partial charge in [-0.3, -0.25) is 9.69 Å². The molecule has 0 aromatic heterocycles. The van der Waals surface area contributed by atoms with Gasteiger partial charge in [-0.2, -0.15) is 0 Å². The highest BCUT2D eigenvalue weighted by molar-refractivity contribution is 5.79. The van der Waals surface area contributed by atoms with Gasteiger partial charge in [0.2, 0.25) is 5.91 Å². The molecule has 2 aliphatic rings. The van der Waals surface area contributed by atoms with Crippen molar-refractivity contribution in [1.29, 1.82) is 0 Å². The molecule has 1 aromatic carbocycles. The number of methoxy groups -OCH3 is 2. The van der Waals surface area contributed by atoms with Crippen LogP contribution in [0, 0.1) is 0 Å². The average molecular weight is 304 g/mol. The van der Waals surface area contributed by atoms with Gasteiger partial charge in [-0.05, 0) is 30.5 Å². The standard InChI is InChI=1S/C17H24N2O3/c1-21-13-7-12(8-14(9-13)22-2)10-19-11-17(20)18-15-5-3-4-6-16(15)19/h7-9,15-16H,3-6,10-11H2,1-2H3,(H,18,20). The molecule has 3 rings (SSSR count). The van der Waals surface area contributed by atoms with E-state index in [1.165, 1.54) is 12.8 Å². The summed E-state index contributed by atoms with van der Waals surface area (Å²) in [6.07, 6.45) is 4.71. The van der Waals surface area contributed by atoms with E-state index in [0.717, 1.165) is 36.4 Å². The molecule has 1 aliphatic carbocycles. The van der Waals surface area contributed by atoms with Crippen molar-refractivity contribution >= 4 is 5.91 Å². The fourth-order valence-corrected chi connectivity index (χ4v) is 3.64. The molecular weight excluding hydrogens is 280 g/mol. The number of amides is 1. The second kappa shape index (κ2) is 6.57. The van der Waals surface area contributed by atoms with Gasteiger partial charge in [0.1, 0.15) is 11.5 Å². The number of piperazine rings is 1. The first-order chi connectivity index (χ1) is 10.7. The van der Waals surface area contributed by atoms with Gasteiger partial charge in [-0.1, -0.05) is 12.8 Å². The molecule has 2 atom stereocenters. The number of hydrogen-bond acceptors (Lipinski definition) is 4. The molecule has 1 amide bonds. The van der Waals surface area contributed by atoms with Crippen molar-refractivity contribution in [3.05, 3.63) is 23.8 Å². The Bertz CT molecular complexity index is 524. The van der Waals surface area contributed by atoms with Crippen LogP contribution >= 0.6 is 0 Å².